The van der Waals surface area contributed by atoms with E-state index < -0.39 is 0 Å². The molecule has 3 nitrogen and oxygen atoms in total. The van der Waals surface area contributed by atoms with Crippen LogP contribution in [-0.2, 0) is 11.2 Å². The van der Waals surface area contributed by atoms with Crippen molar-refractivity contribution in [1.82, 2.24) is 5.32 Å². The Morgan fingerprint density at radius 2 is 2.00 bits per heavy atom. The fourth-order valence-corrected chi connectivity index (χ4v) is 5.16. The van der Waals surface area contributed by atoms with Crippen LogP contribution in [0.15, 0.2) is 30.3 Å². The number of rotatable bonds is 6. The summed E-state index contributed by atoms with van der Waals surface area (Å²) in [5.74, 6) is 2.23. The van der Waals surface area contributed by atoms with E-state index in [0.717, 1.165) is 18.8 Å². The molecule has 1 aromatic rings. The summed E-state index contributed by atoms with van der Waals surface area (Å²) in [7, 11) is 0. The third kappa shape index (κ3) is 2.80. The molecule has 4 unspecified atom stereocenters. The first-order valence-electron chi connectivity index (χ1n) is 9.26. The van der Waals surface area contributed by atoms with Gasteiger partial charge < -0.3 is 11.1 Å². The number of hydrogen-bond acceptors (Lipinski definition) is 2. The highest BCUT2D eigenvalue weighted by Gasteiger charge is 2.55. The molecule has 3 fully saturated rings. The van der Waals surface area contributed by atoms with Gasteiger partial charge in [0.05, 0.1) is 5.41 Å². The number of nitrogens with one attached hydrogen (secondary N) is 1. The minimum Gasteiger partial charge on any atom is -0.351 e. The molecule has 4 rings (SSSR count). The molecule has 3 N–H and O–H groups in total. The van der Waals surface area contributed by atoms with Crippen LogP contribution in [0.1, 0.15) is 44.1 Å². The van der Waals surface area contributed by atoms with E-state index >= 15 is 0 Å². The molecule has 0 aromatic heterocycles. The Hall–Kier alpha value is -1.35. The second-order valence-corrected chi connectivity index (χ2v) is 8.05. The zero-order chi connectivity index (χ0) is 15.9. The van der Waals surface area contributed by atoms with E-state index in [0.29, 0.717) is 18.4 Å². The number of nitrogens with two attached hydrogens (primary N) is 1. The summed E-state index contributed by atoms with van der Waals surface area (Å²) in [5, 5.41) is 3.35. The third-order valence-corrected chi connectivity index (χ3v) is 6.55. The van der Waals surface area contributed by atoms with Crippen LogP contribution in [-0.4, -0.2) is 18.5 Å². The average molecular weight is 312 g/mol. The smallest absolute Gasteiger partial charge is 0.227 e. The van der Waals surface area contributed by atoms with Crippen molar-refractivity contribution >= 4 is 5.91 Å². The summed E-state index contributed by atoms with van der Waals surface area (Å²) in [6.45, 7) is 0.575. The Labute approximate surface area is 139 Å². The standard InChI is InChI=1S/C20H28N2O/c21-13-18(16-7-8-16)22-19(23)20(11-14-4-2-1-3-5-14)12-15-6-9-17(20)10-15/h1-5,15-18H,6-13,21H2,(H,22,23). The van der Waals surface area contributed by atoms with Crippen molar-refractivity contribution in [3.05, 3.63) is 35.9 Å². The minimum atomic E-state index is -0.188. The first kappa shape index (κ1) is 15.2. The van der Waals surface area contributed by atoms with Crippen molar-refractivity contribution in [1.29, 1.82) is 0 Å². The first-order valence-corrected chi connectivity index (χ1v) is 9.26. The summed E-state index contributed by atoms with van der Waals surface area (Å²) in [6, 6.07) is 10.7. The van der Waals surface area contributed by atoms with E-state index in [2.05, 4.69) is 35.6 Å². The Bertz CT molecular complexity index is 568. The molecule has 1 aromatic carbocycles. The molecule has 3 aliphatic rings. The van der Waals surface area contributed by atoms with Crippen LogP contribution < -0.4 is 11.1 Å². The lowest BCUT2D eigenvalue weighted by molar-refractivity contribution is -0.135. The van der Waals surface area contributed by atoms with Crippen LogP contribution in [0, 0.1) is 23.2 Å². The highest BCUT2D eigenvalue weighted by Crippen LogP contribution is 2.57. The zero-order valence-corrected chi connectivity index (χ0v) is 13.8. The predicted molar refractivity (Wildman–Crippen MR) is 91.7 cm³/mol. The van der Waals surface area contributed by atoms with Crippen molar-refractivity contribution in [2.75, 3.05) is 6.54 Å². The van der Waals surface area contributed by atoms with Crippen LogP contribution in [0.3, 0.4) is 0 Å². The number of hydrogen-bond donors (Lipinski definition) is 2. The molecule has 124 valence electrons. The Kier molecular flexibility index (Phi) is 3.92. The lowest BCUT2D eigenvalue weighted by atomic mass is 9.68. The van der Waals surface area contributed by atoms with Gasteiger partial charge in [0.25, 0.3) is 0 Å². The molecule has 0 aliphatic heterocycles. The number of benzene rings is 1. The van der Waals surface area contributed by atoms with E-state index in [1.54, 1.807) is 0 Å². The van der Waals surface area contributed by atoms with Gasteiger partial charge in [-0.1, -0.05) is 36.8 Å². The topological polar surface area (TPSA) is 55.1 Å². The van der Waals surface area contributed by atoms with Gasteiger partial charge in [0.15, 0.2) is 0 Å². The van der Waals surface area contributed by atoms with Crippen LogP contribution in [0.5, 0.6) is 0 Å². The normalized spacial score (nSPS) is 33.6. The molecule has 3 aliphatic carbocycles. The van der Waals surface area contributed by atoms with Crippen molar-refractivity contribution in [3.8, 4) is 0 Å². The molecule has 3 saturated carbocycles. The lowest BCUT2D eigenvalue weighted by Crippen LogP contribution is -2.52. The summed E-state index contributed by atoms with van der Waals surface area (Å²) in [4.78, 5) is 13.3. The van der Waals surface area contributed by atoms with Crippen LogP contribution in [0.25, 0.3) is 0 Å². The maximum atomic E-state index is 13.3. The van der Waals surface area contributed by atoms with Gasteiger partial charge in [-0.3, -0.25) is 4.79 Å². The van der Waals surface area contributed by atoms with Gasteiger partial charge in [0, 0.05) is 12.6 Å². The van der Waals surface area contributed by atoms with E-state index in [1.807, 2.05) is 0 Å². The Morgan fingerprint density at radius 1 is 1.22 bits per heavy atom. The number of carbonyl (C=O) groups excluding carboxylic acids is 1. The SMILES string of the molecule is NCC(NC(=O)C1(Cc2ccccc2)CC2CCC1C2)C1CC1. The summed E-state index contributed by atoms with van der Waals surface area (Å²) < 4.78 is 0. The first-order chi connectivity index (χ1) is 11.2. The lowest BCUT2D eigenvalue weighted by Gasteiger charge is -2.38. The van der Waals surface area contributed by atoms with Gasteiger partial charge in [-0.05, 0) is 61.8 Å². The van der Waals surface area contributed by atoms with Gasteiger partial charge >= 0.3 is 0 Å². The van der Waals surface area contributed by atoms with Crippen LogP contribution in [0.2, 0.25) is 0 Å². The fraction of sp³-hybridized carbons (Fsp3) is 0.650. The molecule has 3 heteroatoms. The summed E-state index contributed by atoms with van der Waals surface area (Å²) in [6.07, 6.45) is 8.19. The molecule has 1 amide bonds. The highest BCUT2D eigenvalue weighted by molar-refractivity contribution is 5.84. The predicted octanol–water partition coefficient (Wildman–Crippen LogP) is 2.89. The van der Waals surface area contributed by atoms with E-state index in [4.69, 9.17) is 5.73 Å². The van der Waals surface area contributed by atoms with Gasteiger partial charge in [0.2, 0.25) is 5.91 Å². The van der Waals surface area contributed by atoms with E-state index in [9.17, 15) is 4.79 Å². The van der Waals surface area contributed by atoms with E-state index in [-0.39, 0.29) is 17.4 Å². The molecule has 4 atom stereocenters. The fourth-order valence-electron chi connectivity index (χ4n) is 5.16. The van der Waals surface area contributed by atoms with Gasteiger partial charge in [-0.25, -0.2) is 0 Å². The maximum Gasteiger partial charge on any atom is 0.227 e. The molecule has 23 heavy (non-hydrogen) atoms. The Balaban J connectivity index is 1.56. The molecule has 2 bridgehead atoms. The van der Waals surface area contributed by atoms with Crippen LogP contribution >= 0.6 is 0 Å². The quantitative estimate of drug-likeness (QED) is 0.848. The monoisotopic (exact) mass is 312 g/mol. The summed E-state index contributed by atoms with van der Waals surface area (Å²) in [5.41, 5.74) is 7.03. The molecular weight excluding hydrogens is 284 g/mol. The number of amides is 1. The van der Waals surface area contributed by atoms with E-state index in [1.165, 1.54) is 37.7 Å². The van der Waals surface area contributed by atoms with Gasteiger partial charge in [0.1, 0.15) is 0 Å². The maximum absolute atomic E-state index is 13.3. The number of fused-ring (bicyclic) bond motifs is 2. The molecule has 0 spiro atoms. The third-order valence-electron chi connectivity index (χ3n) is 6.55. The molecule has 0 saturated heterocycles. The number of carbonyl (C=O) groups is 1. The molecular formula is C20H28N2O. The van der Waals surface area contributed by atoms with Crippen molar-refractivity contribution in [2.45, 2.75) is 51.0 Å². The van der Waals surface area contributed by atoms with Crippen molar-refractivity contribution < 1.29 is 4.79 Å². The average Bonchev–Trinajstić information content (AvgIpc) is 3.22. The molecule has 0 radical (unpaired) electrons. The zero-order valence-electron chi connectivity index (χ0n) is 13.8. The van der Waals surface area contributed by atoms with Crippen molar-refractivity contribution in [2.24, 2.45) is 28.9 Å². The Morgan fingerprint density at radius 3 is 2.57 bits per heavy atom. The largest absolute Gasteiger partial charge is 0.351 e. The van der Waals surface area contributed by atoms with Crippen molar-refractivity contribution in [3.63, 3.8) is 0 Å². The molecule has 0 heterocycles. The minimum absolute atomic E-state index is 0.188. The highest BCUT2D eigenvalue weighted by atomic mass is 16.2. The van der Waals surface area contributed by atoms with Gasteiger partial charge in [-0.2, -0.15) is 0 Å². The van der Waals surface area contributed by atoms with Gasteiger partial charge in [-0.15, -0.1) is 0 Å². The summed E-state index contributed by atoms with van der Waals surface area (Å²) >= 11 is 0. The second-order valence-electron chi connectivity index (χ2n) is 8.05. The second kappa shape index (κ2) is 5.94. The van der Waals surface area contributed by atoms with Crippen LogP contribution in [0.4, 0.5) is 0 Å².